The van der Waals surface area contributed by atoms with E-state index in [1.807, 2.05) is 0 Å². The summed E-state index contributed by atoms with van der Waals surface area (Å²) in [6.07, 6.45) is -5.66. The Kier molecular flexibility index (Phi) is 5.49. The van der Waals surface area contributed by atoms with Crippen LogP contribution in [0.4, 0.5) is 23.8 Å². The van der Waals surface area contributed by atoms with Crippen molar-refractivity contribution in [3.05, 3.63) is 18.3 Å². The molecule has 0 aliphatic carbocycles. The summed E-state index contributed by atoms with van der Waals surface area (Å²) in [5, 5.41) is 2.36. The molecule has 1 aromatic heterocycles. The average molecular weight is 396 g/mol. The fraction of sp³-hybridized carbons (Fsp3) is 0.571. The molecule has 1 aliphatic heterocycles. The first-order chi connectivity index (χ1) is 11.8. The number of carbonyl (C=O) groups is 1. The number of hydrogen-bond acceptors (Lipinski definition) is 5. The minimum atomic E-state index is -4.60. The number of halogens is 3. The zero-order chi connectivity index (χ0) is 19.8. The van der Waals surface area contributed by atoms with E-state index in [2.05, 4.69) is 15.0 Å². The first-order valence-electron chi connectivity index (χ1n) is 7.54. The summed E-state index contributed by atoms with van der Waals surface area (Å²) >= 11 is 0. The number of aromatic nitrogens is 1. The molecule has 1 aliphatic rings. The highest BCUT2D eigenvalue weighted by molar-refractivity contribution is 7.89. The van der Waals surface area contributed by atoms with E-state index < -0.39 is 40.5 Å². The monoisotopic (exact) mass is 396 g/mol. The molecule has 1 atom stereocenters. The number of ether oxygens (including phenoxy) is 1. The molecule has 0 radical (unpaired) electrons. The molecule has 1 aromatic rings. The van der Waals surface area contributed by atoms with Crippen molar-refractivity contribution in [3.63, 3.8) is 0 Å². The SMILES string of the molecule is CNS(=O)(=O)c1ccc(NC(=O)N2CC(C(F)(F)F)OC(C)(C)C2)nc1. The van der Waals surface area contributed by atoms with Crippen LogP contribution in [0.1, 0.15) is 13.8 Å². The maximum Gasteiger partial charge on any atom is 0.416 e. The van der Waals surface area contributed by atoms with Crippen LogP contribution in [0.25, 0.3) is 0 Å². The number of morpholine rings is 1. The molecule has 26 heavy (non-hydrogen) atoms. The predicted molar refractivity (Wildman–Crippen MR) is 86.1 cm³/mol. The van der Waals surface area contributed by atoms with Crippen LogP contribution < -0.4 is 10.0 Å². The van der Waals surface area contributed by atoms with Gasteiger partial charge < -0.3 is 9.64 Å². The number of pyridine rings is 1. The van der Waals surface area contributed by atoms with E-state index in [4.69, 9.17) is 4.74 Å². The number of amides is 2. The molecule has 2 heterocycles. The lowest BCUT2D eigenvalue weighted by Crippen LogP contribution is -2.59. The molecule has 2 N–H and O–H groups in total. The summed E-state index contributed by atoms with van der Waals surface area (Å²) in [6.45, 7) is 2.23. The maximum absolute atomic E-state index is 13.0. The molecule has 1 saturated heterocycles. The Balaban J connectivity index is 2.11. The van der Waals surface area contributed by atoms with Gasteiger partial charge in [-0.05, 0) is 33.0 Å². The standard InChI is InChI=1S/C14H19F3N4O4S/c1-13(2)8-21(7-10(25-13)14(15,16)17)12(22)20-11-5-4-9(6-19-11)26(23,24)18-3/h4-6,10,18H,7-8H2,1-3H3,(H,19,20,22). The van der Waals surface area contributed by atoms with Crippen LogP contribution in [0.3, 0.4) is 0 Å². The van der Waals surface area contributed by atoms with Crippen molar-refractivity contribution in [1.29, 1.82) is 0 Å². The normalized spacial score (nSPS) is 20.7. The second-order valence-electron chi connectivity index (χ2n) is 6.31. The fourth-order valence-electron chi connectivity index (χ4n) is 2.43. The minimum absolute atomic E-state index is 0.0120. The Labute approximate surface area is 148 Å². The molecule has 2 amide bonds. The third-order valence-electron chi connectivity index (χ3n) is 3.62. The number of urea groups is 1. The lowest BCUT2D eigenvalue weighted by atomic mass is 10.1. The van der Waals surface area contributed by atoms with Crippen LogP contribution in [0.15, 0.2) is 23.2 Å². The second kappa shape index (κ2) is 7.00. The Morgan fingerprint density at radius 1 is 1.38 bits per heavy atom. The van der Waals surface area contributed by atoms with Crippen LogP contribution in [-0.2, 0) is 14.8 Å². The summed E-state index contributed by atoms with van der Waals surface area (Å²) in [5.74, 6) is 0.0120. The van der Waals surface area contributed by atoms with Crippen molar-refractivity contribution in [2.45, 2.75) is 36.6 Å². The maximum atomic E-state index is 13.0. The molecule has 1 unspecified atom stereocenters. The van der Waals surface area contributed by atoms with Gasteiger partial charge in [0.1, 0.15) is 10.7 Å². The van der Waals surface area contributed by atoms with E-state index in [0.717, 1.165) is 11.1 Å². The molecular formula is C14H19F3N4O4S. The Hall–Kier alpha value is -1.92. The highest BCUT2D eigenvalue weighted by atomic mass is 32.2. The van der Waals surface area contributed by atoms with Gasteiger partial charge in [-0.3, -0.25) is 5.32 Å². The molecule has 146 valence electrons. The summed E-state index contributed by atoms with van der Waals surface area (Å²) < 4.78 is 69.3. The number of nitrogens with one attached hydrogen (secondary N) is 2. The van der Waals surface area contributed by atoms with Crippen molar-refractivity contribution < 1.29 is 31.1 Å². The molecule has 0 spiro atoms. The van der Waals surface area contributed by atoms with Gasteiger partial charge in [0.2, 0.25) is 10.0 Å². The van der Waals surface area contributed by atoms with Gasteiger partial charge in [0.15, 0.2) is 6.10 Å². The summed E-state index contributed by atoms with van der Waals surface area (Å²) in [5.41, 5.74) is -1.17. The number of alkyl halides is 3. The molecule has 8 nitrogen and oxygen atoms in total. The molecule has 2 rings (SSSR count). The molecule has 12 heteroatoms. The van der Waals surface area contributed by atoms with Crippen LogP contribution >= 0.6 is 0 Å². The minimum Gasteiger partial charge on any atom is -0.359 e. The van der Waals surface area contributed by atoms with Crippen LogP contribution in [0, 0.1) is 0 Å². The zero-order valence-electron chi connectivity index (χ0n) is 14.3. The van der Waals surface area contributed by atoms with Crippen molar-refractivity contribution in [1.82, 2.24) is 14.6 Å². The van der Waals surface area contributed by atoms with Crippen molar-refractivity contribution in [3.8, 4) is 0 Å². The highest BCUT2D eigenvalue weighted by Crippen LogP contribution is 2.31. The van der Waals surface area contributed by atoms with E-state index in [1.165, 1.54) is 33.0 Å². The van der Waals surface area contributed by atoms with Crippen LogP contribution in [0.5, 0.6) is 0 Å². The topological polar surface area (TPSA) is 101 Å². The number of anilines is 1. The first kappa shape index (κ1) is 20.4. The average Bonchev–Trinajstić information content (AvgIpc) is 2.53. The first-order valence-corrected chi connectivity index (χ1v) is 9.02. The van der Waals surface area contributed by atoms with Gasteiger partial charge in [-0.1, -0.05) is 0 Å². The summed E-state index contributed by atoms with van der Waals surface area (Å²) in [6, 6.07) is 1.68. The van der Waals surface area contributed by atoms with E-state index in [-0.39, 0.29) is 17.3 Å². The van der Waals surface area contributed by atoms with Gasteiger partial charge in [0.25, 0.3) is 0 Å². The fourth-order valence-corrected chi connectivity index (χ4v) is 3.10. The molecular weight excluding hydrogens is 377 g/mol. The van der Waals surface area contributed by atoms with Gasteiger partial charge in [-0.15, -0.1) is 0 Å². The molecule has 0 bridgehead atoms. The van der Waals surface area contributed by atoms with Gasteiger partial charge in [0.05, 0.1) is 18.7 Å². The van der Waals surface area contributed by atoms with Gasteiger partial charge in [-0.2, -0.15) is 13.2 Å². The van der Waals surface area contributed by atoms with Gasteiger partial charge >= 0.3 is 12.2 Å². The van der Waals surface area contributed by atoms with E-state index in [1.54, 1.807) is 0 Å². The number of hydrogen-bond donors (Lipinski definition) is 2. The van der Waals surface area contributed by atoms with Crippen molar-refractivity contribution in [2.24, 2.45) is 0 Å². The van der Waals surface area contributed by atoms with Gasteiger partial charge in [-0.25, -0.2) is 22.9 Å². The van der Waals surface area contributed by atoms with E-state index in [0.29, 0.717) is 0 Å². The van der Waals surface area contributed by atoms with E-state index in [9.17, 15) is 26.4 Å². The number of rotatable bonds is 3. The summed E-state index contributed by atoms with van der Waals surface area (Å²) in [4.78, 5) is 17.0. The van der Waals surface area contributed by atoms with Gasteiger partial charge in [0, 0.05) is 6.20 Å². The Bertz CT molecular complexity index is 765. The van der Waals surface area contributed by atoms with Crippen LogP contribution in [-0.4, -0.2) is 62.4 Å². The van der Waals surface area contributed by atoms with Crippen LogP contribution in [0.2, 0.25) is 0 Å². The second-order valence-corrected chi connectivity index (χ2v) is 8.19. The predicted octanol–water partition coefficient (Wildman–Crippen LogP) is 1.56. The zero-order valence-corrected chi connectivity index (χ0v) is 15.1. The van der Waals surface area contributed by atoms with Crippen molar-refractivity contribution in [2.75, 3.05) is 25.5 Å². The Morgan fingerprint density at radius 3 is 2.54 bits per heavy atom. The smallest absolute Gasteiger partial charge is 0.359 e. The summed E-state index contributed by atoms with van der Waals surface area (Å²) in [7, 11) is -2.44. The van der Waals surface area contributed by atoms with Crippen molar-refractivity contribution >= 4 is 21.9 Å². The third kappa shape index (κ3) is 4.83. The Morgan fingerprint density at radius 2 is 2.04 bits per heavy atom. The number of carbonyl (C=O) groups excluding carboxylic acids is 1. The third-order valence-corrected chi connectivity index (χ3v) is 5.02. The lowest BCUT2D eigenvalue weighted by Gasteiger charge is -2.42. The number of sulfonamides is 1. The molecule has 0 aromatic carbocycles. The molecule has 1 fully saturated rings. The lowest BCUT2D eigenvalue weighted by molar-refractivity contribution is -0.267. The molecule has 0 saturated carbocycles. The number of nitrogens with zero attached hydrogens (tertiary/aromatic N) is 2. The largest absolute Gasteiger partial charge is 0.416 e. The van der Waals surface area contributed by atoms with E-state index >= 15 is 0 Å². The highest BCUT2D eigenvalue weighted by Gasteiger charge is 2.49. The quantitative estimate of drug-likeness (QED) is 0.808.